The van der Waals surface area contributed by atoms with Crippen LogP contribution in [-0.4, -0.2) is 136 Å². The molecule has 2 rings (SSSR count). The predicted molar refractivity (Wildman–Crippen MR) is 141 cm³/mol. The van der Waals surface area contributed by atoms with Gasteiger partial charge < -0.3 is 54.3 Å². The van der Waals surface area contributed by atoms with Crippen molar-refractivity contribution in [2.45, 2.75) is 121 Å². The molecule has 0 aromatic heterocycles. The molecule has 0 bridgehead atoms. The van der Waals surface area contributed by atoms with E-state index in [1.54, 1.807) is 6.92 Å². The van der Waals surface area contributed by atoms with Crippen LogP contribution in [-0.2, 0) is 47.9 Å². The molecule has 0 aromatic carbocycles. The summed E-state index contributed by atoms with van der Waals surface area (Å²) in [4.78, 5) is 25.5. The number of hydrogen-bond acceptors (Lipinski definition) is 16. The highest BCUT2D eigenvalue weighted by atomic mass is 32.3. The fourth-order valence-electron chi connectivity index (χ4n) is 4.83. The minimum atomic E-state index is -5.28. The van der Waals surface area contributed by atoms with E-state index in [0.717, 1.165) is 6.42 Å². The second-order valence-electron chi connectivity index (χ2n) is 10.7. The molecule has 252 valence electrons. The van der Waals surface area contributed by atoms with Gasteiger partial charge in [0.1, 0.15) is 30.5 Å². The fourth-order valence-corrected chi connectivity index (χ4v) is 5.31. The number of aliphatic hydroxyl groups is 6. The molecule has 2 heterocycles. The van der Waals surface area contributed by atoms with Crippen molar-refractivity contribution < 1.29 is 81.1 Å². The van der Waals surface area contributed by atoms with Crippen LogP contribution in [0.5, 0.6) is 0 Å². The summed E-state index contributed by atoms with van der Waals surface area (Å²) >= 11 is 0. The van der Waals surface area contributed by atoms with Crippen molar-refractivity contribution in [2.24, 2.45) is 11.8 Å². The average molecular weight is 649 g/mol. The van der Waals surface area contributed by atoms with Crippen LogP contribution in [0.15, 0.2) is 0 Å². The number of carbonyl (C=O) groups excluding carboxylic acids is 2. The van der Waals surface area contributed by atoms with Crippen LogP contribution in [0.2, 0.25) is 0 Å². The van der Waals surface area contributed by atoms with E-state index in [0.29, 0.717) is 6.42 Å². The fraction of sp³-hybridized carbons (Fsp3) is 0.920. The van der Waals surface area contributed by atoms with Gasteiger partial charge in [0.05, 0.1) is 25.2 Å². The molecule has 17 nitrogen and oxygen atoms in total. The van der Waals surface area contributed by atoms with E-state index in [2.05, 4.69) is 4.18 Å². The van der Waals surface area contributed by atoms with E-state index in [1.165, 1.54) is 13.8 Å². The van der Waals surface area contributed by atoms with Gasteiger partial charge >= 0.3 is 22.3 Å². The Kier molecular flexibility index (Phi) is 14.6. The Morgan fingerprint density at radius 1 is 0.860 bits per heavy atom. The molecule has 2 saturated heterocycles. The maximum Gasteiger partial charge on any atom is 0.397 e. The van der Waals surface area contributed by atoms with Gasteiger partial charge in [-0.05, 0) is 18.8 Å². The molecule has 2 aliphatic heterocycles. The number of esters is 2. The zero-order valence-corrected chi connectivity index (χ0v) is 25.2. The summed E-state index contributed by atoms with van der Waals surface area (Å²) in [5.41, 5.74) is 0. The van der Waals surface area contributed by atoms with Crippen LogP contribution >= 0.6 is 0 Å². The molecule has 2 fully saturated rings. The molecule has 0 spiro atoms. The highest BCUT2D eigenvalue weighted by Crippen LogP contribution is 2.33. The highest BCUT2D eigenvalue weighted by molar-refractivity contribution is 7.80. The summed E-state index contributed by atoms with van der Waals surface area (Å²) in [6, 6.07) is 0. The van der Waals surface area contributed by atoms with E-state index in [-0.39, 0.29) is 18.8 Å². The summed E-state index contributed by atoms with van der Waals surface area (Å²) in [5, 5.41) is 61.2. The summed E-state index contributed by atoms with van der Waals surface area (Å²) in [7, 11) is -5.28. The summed E-state index contributed by atoms with van der Waals surface area (Å²) < 4.78 is 64.0. The standard InChI is InChI=1S/C25H44O17S/c1-5-7-13(28)11(3)8-12(4)23(33)40-20-18(31)15(10-27)38-25(22(20)39-16(29)6-2)41-24-21(42-43(34,35)36)19(32)17(30)14(9-26)37-24/h11-15,17-22,24-28,30-32H,5-10H2,1-4H3,(H,34,35,36)/t11-,12+,13-,14-,15-,17-,18-,19+,20+,21-,22-,24-,25-/m1/s1. The molecule has 7 N–H and O–H groups in total. The van der Waals surface area contributed by atoms with E-state index < -0.39 is 109 Å². The number of carbonyl (C=O) groups is 2. The Morgan fingerprint density at radius 3 is 1.93 bits per heavy atom. The molecular formula is C25H44O17S. The van der Waals surface area contributed by atoms with Crippen molar-refractivity contribution in [1.82, 2.24) is 0 Å². The van der Waals surface area contributed by atoms with Gasteiger partial charge in [-0.15, -0.1) is 0 Å². The first kappa shape index (κ1) is 37.6. The summed E-state index contributed by atoms with van der Waals surface area (Å²) in [6.07, 6.45) is -17.9. The van der Waals surface area contributed by atoms with Crippen LogP contribution in [0.4, 0.5) is 0 Å². The van der Waals surface area contributed by atoms with Crippen LogP contribution in [0, 0.1) is 11.8 Å². The first-order valence-corrected chi connectivity index (χ1v) is 15.4. The van der Waals surface area contributed by atoms with Gasteiger partial charge in [0.2, 0.25) is 6.29 Å². The van der Waals surface area contributed by atoms with Gasteiger partial charge in [0.25, 0.3) is 0 Å². The molecule has 0 unspecified atom stereocenters. The maximum atomic E-state index is 13.1. The van der Waals surface area contributed by atoms with E-state index in [9.17, 15) is 53.2 Å². The van der Waals surface area contributed by atoms with Crippen molar-refractivity contribution in [2.75, 3.05) is 13.2 Å². The largest absolute Gasteiger partial charge is 0.455 e. The molecular weight excluding hydrogens is 604 g/mol. The Hall–Kier alpha value is -1.55. The quantitative estimate of drug-likeness (QED) is 0.0731. The summed E-state index contributed by atoms with van der Waals surface area (Å²) in [6.45, 7) is 4.86. The first-order valence-electron chi connectivity index (χ1n) is 14.0. The lowest BCUT2D eigenvalue weighted by Crippen LogP contribution is -2.65. The SMILES string of the molecule is CCC[C@@H](O)[C@H](C)C[C@H](C)C(=O)O[C@H]1[C@H](O)[C@@H](CO)O[C@H](O[C@H]2O[C@H](CO)[C@@H](O)[C@H](O)[C@H]2OS(=O)(=O)O)[C@@H]1OC(=O)CC. The second kappa shape index (κ2) is 16.7. The van der Waals surface area contributed by atoms with Crippen LogP contribution < -0.4 is 0 Å². The normalized spacial score (nSPS) is 35.5. The van der Waals surface area contributed by atoms with Gasteiger partial charge in [0, 0.05) is 6.42 Å². The molecule has 0 aromatic rings. The Morgan fingerprint density at radius 2 is 1.42 bits per heavy atom. The number of rotatable bonds is 15. The topological polar surface area (TPSA) is 265 Å². The lowest BCUT2D eigenvalue weighted by Gasteiger charge is -2.46. The van der Waals surface area contributed by atoms with Gasteiger partial charge in [-0.2, -0.15) is 8.42 Å². The zero-order chi connectivity index (χ0) is 32.6. The van der Waals surface area contributed by atoms with Crippen molar-refractivity contribution in [3.8, 4) is 0 Å². The Labute approximate surface area is 249 Å². The van der Waals surface area contributed by atoms with E-state index in [4.69, 9.17) is 23.7 Å². The molecule has 13 atom stereocenters. The molecule has 0 radical (unpaired) electrons. The minimum absolute atomic E-state index is 0.196. The molecule has 0 amide bonds. The molecule has 0 aliphatic carbocycles. The van der Waals surface area contributed by atoms with E-state index >= 15 is 0 Å². The van der Waals surface area contributed by atoms with Crippen molar-refractivity contribution >= 4 is 22.3 Å². The first-order chi connectivity index (χ1) is 20.1. The number of hydrogen-bond donors (Lipinski definition) is 7. The van der Waals surface area contributed by atoms with Crippen molar-refractivity contribution in [3.63, 3.8) is 0 Å². The third kappa shape index (κ3) is 10.2. The average Bonchev–Trinajstić information content (AvgIpc) is 2.94. The van der Waals surface area contributed by atoms with Crippen LogP contribution in [0.25, 0.3) is 0 Å². The lowest BCUT2D eigenvalue weighted by atomic mass is 9.90. The molecule has 2 aliphatic rings. The van der Waals surface area contributed by atoms with Crippen LogP contribution in [0.3, 0.4) is 0 Å². The van der Waals surface area contributed by atoms with Crippen molar-refractivity contribution in [3.05, 3.63) is 0 Å². The third-order valence-electron chi connectivity index (χ3n) is 7.30. The monoisotopic (exact) mass is 648 g/mol. The van der Waals surface area contributed by atoms with Gasteiger partial charge in [-0.25, -0.2) is 4.18 Å². The van der Waals surface area contributed by atoms with Gasteiger partial charge in [-0.1, -0.05) is 34.1 Å². The highest BCUT2D eigenvalue weighted by Gasteiger charge is 2.54. The smallest absolute Gasteiger partial charge is 0.397 e. The summed E-state index contributed by atoms with van der Waals surface area (Å²) in [5.74, 6) is -2.82. The molecule has 0 saturated carbocycles. The predicted octanol–water partition coefficient (Wildman–Crippen LogP) is -2.23. The number of ether oxygens (including phenoxy) is 5. The Bertz CT molecular complexity index is 994. The van der Waals surface area contributed by atoms with Gasteiger partial charge in [0.15, 0.2) is 24.6 Å². The molecule has 43 heavy (non-hydrogen) atoms. The van der Waals surface area contributed by atoms with E-state index in [1.807, 2.05) is 6.92 Å². The van der Waals surface area contributed by atoms with Crippen LogP contribution in [0.1, 0.15) is 53.4 Å². The number of aliphatic hydroxyl groups excluding tert-OH is 6. The molecule has 18 heteroatoms. The minimum Gasteiger partial charge on any atom is -0.455 e. The zero-order valence-electron chi connectivity index (χ0n) is 24.4. The second-order valence-corrected chi connectivity index (χ2v) is 11.8. The van der Waals surface area contributed by atoms with Crippen molar-refractivity contribution in [1.29, 1.82) is 0 Å². The Balaban J connectivity index is 2.40. The lowest BCUT2D eigenvalue weighted by molar-refractivity contribution is -0.374. The third-order valence-corrected chi connectivity index (χ3v) is 7.77. The maximum absolute atomic E-state index is 13.1. The van der Waals surface area contributed by atoms with Gasteiger partial charge in [-0.3, -0.25) is 14.1 Å².